The van der Waals surface area contributed by atoms with E-state index >= 15 is 0 Å². The summed E-state index contributed by atoms with van der Waals surface area (Å²) in [6.07, 6.45) is 6.72. The van der Waals surface area contributed by atoms with Crippen LogP contribution in [0.15, 0.2) is 42.7 Å². The van der Waals surface area contributed by atoms with Gasteiger partial charge in [-0.15, -0.1) is 0 Å². The molecule has 0 amide bonds. The van der Waals surface area contributed by atoms with Crippen molar-refractivity contribution in [2.45, 2.75) is 57.8 Å². The number of rotatable bonds is 6. The molecule has 0 radical (unpaired) electrons. The largest absolute Gasteiger partial charge is 0.388 e. The van der Waals surface area contributed by atoms with Crippen molar-refractivity contribution < 1.29 is 5.11 Å². The Morgan fingerprint density at radius 3 is 2.78 bits per heavy atom. The summed E-state index contributed by atoms with van der Waals surface area (Å²) in [5.74, 6) is 1.13. The molecule has 1 aliphatic heterocycles. The van der Waals surface area contributed by atoms with Gasteiger partial charge in [-0.1, -0.05) is 30.3 Å². The van der Waals surface area contributed by atoms with Crippen LogP contribution in [0.3, 0.4) is 0 Å². The maximum absolute atomic E-state index is 10.5. The van der Waals surface area contributed by atoms with Crippen molar-refractivity contribution in [2.75, 3.05) is 6.54 Å². The van der Waals surface area contributed by atoms with Crippen molar-refractivity contribution in [2.24, 2.45) is 0 Å². The van der Waals surface area contributed by atoms with Crippen LogP contribution in [0.5, 0.6) is 0 Å². The Bertz CT molecular complexity index is 608. The molecule has 0 bridgehead atoms. The van der Waals surface area contributed by atoms with Gasteiger partial charge >= 0.3 is 0 Å². The smallest absolute Gasteiger partial charge is 0.123 e. The van der Waals surface area contributed by atoms with Gasteiger partial charge in [0.2, 0.25) is 0 Å². The lowest BCUT2D eigenvalue weighted by molar-refractivity contribution is 0.116. The van der Waals surface area contributed by atoms with E-state index in [1.165, 1.54) is 6.42 Å². The molecule has 2 heterocycles. The zero-order valence-electron chi connectivity index (χ0n) is 14.1. The highest BCUT2D eigenvalue weighted by Crippen LogP contribution is 2.28. The second-order valence-electron chi connectivity index (χ2n) is 6.77. The number of hydrogen-bond donors (Lipinski definition) is 1. The Morgan fingerprint density at radius 1 is 1.26 bits per heavy atom. The first-order chi connectivity index (χ1) is 11.1. The topological polar surface area (TPSA) is 41.3 Å². The van der Waals surface area contributed by atoms with Crippen LogP contribution in [0.4, 0.5) is 0 Å². The highest BCUT2D eigenvalue weighted by Gasteiger charge is 2.28. The summed E-state index contributed by atoms with van der Waals surface area (Å²) < 4.78 is 2.24. The van der Waals surface area contributed by atoms with Gasteiger partial charge in [0, 0.05) is 24.5 Å². The summed E-state index contributed by atoms with van der Waals surface area (Å²) in [5, 5.41) is 10.5. The van der Waals surface area contributed by atoms with E-state index in [4.69, 9.17) is 0 Å². The van der Waals surface area contributed by atoms with Crippen molar-refractivity contribution in [1.82, 2.24) is 14.5 Å². The van der Waals surface area contributed by atoms with E-state index in [-0.39, 0.29) is 6.10 Å². The van der Waals surface area contributed by atoms with Crippen molar-refractivity contribution in [3.05, 3.63) is 54.1 Å². The van der Waals surface area contributed by atoms with E-state index in [2.05, 4.69) is 34.5 Å². The predicted molar refractivity (Wildman–Crippen MR) is 92.1 cm³/mol. The lowest BCUT2D eigenvalue weighted by Gasteiger charge is -2.27. The molecule has 3 rings (SSSR count). The van der Waals surface area contributed by atoms with Gasteiger partial charge in [0.25, 0.3) is 0 Å². The van der Waals surface area contributed by atoms with E-state index < -0.39 is 0 Å². The molecule has 1 saturated heterocycles. The number of nitrogens with zero attached hydrogens (tertiary/aromatic N) is 3. The Hall–Kier alpha value is -1.65. The van der Waals surface area contributed by atoms with Gasteiger partial charge < -0.3 is 9.67 Å². The van der Waals surface area contributed by atoms with Crippen molar-refractivity contribution in [3.8, 4) is 0 Å². The molecule has 4 nitrogen and oxygen atoms in total. The Balaban J connectivity index is 1.65. The molecule has 23 heavy (non-hydrogen) atoms. The zero-order valence-corrected chi connectivity index (χ0v) is 14.1. The molecule has 2 unspecified atom stereocenters. The average Bonchev–Trinajstić information content (AvgIpc) is 3.18. The number of imidazole rings is 1. The van der Waals surface area contributed by atoms with Gasteiger partial charge in [0.1, 0.15) is 5.82 Å². The zero-order chi connectivity index (χ0) is 16.2. The number of likely N-dealkylation sites (tertiary alicyclic amines) is 1. The van der Waals surface area contributed by atoms with Crippen LogP contribution in [0.2, 0.25) is 0 Å². The van der Waals surface area contributed by atoms with Gasteiger partial charge in [0.05, 0.1) is 12.6 Å². The molecule has 1 N–H and O–H groups in total. The molecule has 4 heteroatoms. The third-order valence-corrected chi connectivity index (χ3v) is 4.83. The summed E-state index contributed by atoms with van der Waals surface area (Å²) in [5.41, 5.74) is 1.02. The van der Waals surface area contributed by atoms with E-state index in [1.807, 2.05) is 36.5 Å². The molecule has 2 atom stereocenters. The van der Waals surface area contributed by atoms with Crippen LogP contribution in [0.1, 0.15) is 56.6 Å². The number of aliphatic hydroxyl groups excluding tert-OH is 1. The molecule has 1 aromatic carbocycles. The van der Waals surface area contributed by atoms with Crippen LogP contribution in [0, 0.1) is 0 Å². The van der Waals surface area contributed by atoms with Gasteiger partial charge in [-0.25, -0.2) is 4.98 Å². The monoisotopic (exact) mass is 313 g/mol. The second kappa shape index (κ2) is 7.28. The average molecular weight is 313 g/mol. The summed E-state index contributed by atoms with van der Waals surface area (Å²) >= 11 is 0. The first kappa shape index (κ1) is 16.2. The van der Waals surface area contributed by atoms with Gasteiger partial charge in [-0.2, -0.15) is 0 Å². The normalized spacial score (nSPS) is 20.3. The Morgan fingerprint density at radius 2 is 2.04 bits per heavy atom. The number of aliphatic hydroxyl groups is 1. The third-order valence-electron chi connectivity index (χ3n) is 4.83. The first-order valence-electron chi connectivity index (χ1n) is 8.64. The quantitative estimate of drug-likeness (QED) is 0.886. The Kier molecular flexibility index (Phi) is 5.13. The minimum atomic E-state index is -0.383. The van der Waals surface area contributed by atoms with E-state index in [0.717, 1.165) is 37.3 Å². The lowest BCUT2D eigenvalue weighted by atomic mass is 10.0. The molecule has 0 aliphatic carbocycles. The van der Waals surface area contributed by atoms with E-state index in [1.54, 1.807) is 0 Å². The standard InChI is InChI=1S/C19H27N3O/c1-15(2)22-12-10-20-19(22)14-21-11-6-9-17(21)13-18(23)16-7-4-3-5-8-16/h3-5,7-8,10,12,15,17-18,23H,6,9,11,13-14H2,1-2H3. The molecular formula is C19H27N3O. The fourth-order valence-corrected chi connectivity index (χ4v) is 3.56. The van der Waals surface area contributed by atoms with Crippen molar-refractivity contribution in [1.29, 1.82) is 0 Å². The minimum Gasteiger partial charge on any atom is -0.388 e. The van der Waals surface area contributed by atoms with Gasteiger partial charge in [-0.05, 0) is 45.2 Å². The van der Waals surface area contributed by atoms with Crippen molar-refractivity contribution >= 4 is 0 Å². The van der Waals surface area contributed by atoms with Crippen LogP contribution < -0.4 is 0 Å². The van der Waals surface area contributed by atoms with Gasteiger partial charge in [0.15, 0.2) is 0 Å². The van der Waals surface area contributed by atoms with Crippen LogP contribution in [-0.2, 0) is 6.54 Å². The molecule has 2 aromatic rings. The highest BCUT2D eigenvalue weighted by atomic mass is 16.3. The second-order valence-corrected chi connectivity index (χ2v) is 6.77. The van der Waals surface area contributed by atoms with Gasteiger partial charge in [-0.3, -0.25) is 4.90 Å². The molecule has 1 aromatic heterocycles. The third kappa shape index (κ3) is 3.82. The molecular weight excluding hydrogens is 286 g/mol. The molecule has 1 aliphatic rings. The molecule has 0 spiro atoms. The minimum absolute atomic E-state index is 0.383. The highest BCUT2D eigenvalue weighted by molar-refractivity contribution is 5.17. The van der Waals surface area contributed by atoms with Crippen LogP contribution in [-0.4, -0.2) is 32.1 Å². The fraction of sp³-hybridized carbons (Fsp3) is 0.526. The van der Waals surface area contributed by atoms with E-state index in [9.17, 15) is 5.11 Å². The summed E-state index contributed by atoms with van der Waals surface area (Å²) in [7, 11) is 0. The van der Waals surface area contributed by atoms with Crippen LogP contribution in [0.25, 0.3) is 0 Å². The summed E-state index contributed by atoms with van der Waals surface area (Å²) in [6, 6.07) is 10.9. The predicted octanol–water partition coefficient (Wildman–Crippen LogP) is 3.55. The first-order valence-corrected chi connectivity index (χ1v) is 8.64. The number of hydrogen-bond acceptors (Lipinski definition) is 3. The summed E-state index contributed by atoms with van der Waals surface area (Å²) in [4.78, 5) is 7.01. The van der Waals surface area contributed by atoms with Crippen molar-refractivity contribution in [3.63, 3.8) is 0 Å². The Labute approximate surface area is 138 Å². The number of aromatic nitrogens is 2. The molecule has 1 fully saturated rings. The van der Waals surface area contributed by atoms with E-state index in [0.29, 0.717) is 12.1 Å². The SMILES string of the molecule is CC(C)n1ccnc1CN1CCCC1CC(O)c1ccccc1. The number of benzene rings is 1. The summed E-state index contributed by atoms with van der Waals surface area (Å²) in [6.45, 7) is 6.34. The maximum Gasteiger partial charge on any atom is 0.123 e. The molecule has 0 saturated carbocycles. The maximum atomic E-state index is 10.5. The fourth-order valence-electron chi connectivity index (χ4n) is 3.56. The lowest BCUT2D eigenvalue weighted by Crippen LogP contribution is -2.31. The molecule has 124 valence electrons. The van der Waals surface area contributed by atoms with Crippen LogP contribution >= 0.6 is 0 Å².